The van der Waals surface area contributed by atoms with E-state index in [0.29, 0.717) is 0 Å². The molecular weight excluding hydrogens is 304 g/mol. The van der Waals surface area contributed by atoms with Gasteiger partial charge < -0.3 is 5.32 Å². The maximum Gasteiger partial charge on any atom is 0.0223 e. The maximum atomic E-state index is 3.71. The molecule has 2 bridgehead atoms. The first-order valence-electron chi connectivity index (χ1n) is 9.92. The molecule has 0 radical (unpaired) electrons. The summed E-state index contributed by atoms with van der Waals surface area (Å²) in [5.74, 6) is 1.93. The van der Waals surface area contributed by atoms with Crippen LogP contribution in [0.1, 0.15) is 31.7 Å². The molecule has 2 heteroatoms. The second-order valence-corrected chi connectivity index (χ2v) is 7.80. The van der Waals surface area contributed by atoms with E-state index in [0.717, 1.165) is 31.0 Å². The molecule has 4 atom stereocenters. The van der Waals surface area contributed by atoms with E-state index in [1.165, 1.54) is 49.0 Å². The number of hydrogen-bond acceptors (Lipinski definition) is 2. The first-order chi connectivity index (χ1) is 12.3. The largest absolute Gasteiger partial charge is 0.311 e. The molecule has 5 rings (SSSR count). The standard InChI is InChI=1S/C23H30N2/c1-2-19-17-25-13-12-22(19)14-23(25)16-24-15-18-8-10-21(11-9-18)20-6-4-3-5-7-20/h3-11,19,22-24H,2,12-17H2,1H3. The molecule has 0 spiro atoms. The van der Waals surface area contributed by atoms with Crippen molar-refractivity contribution in [3.8, 4) is 11.1 Å². The molecule has 3 fully saturated rings. The number of rotatable bonds is 6. The zero-order chi connectivity index (χ0) is 17.1. The fraction of sp³-hybridized carbons (Fsp3) is 0.478. The van der Waals surface area contributed by atoms with Gasteiger partial charge in [-0.05, 0) is 47.9 Å². The van der Waals surface area contributed by atoms with E-state index in [9.17, 15) is 0 Å². The fourth-order valence-corrected chi connectivity index (χ4v) is 4.75. The predicted molar refractivity (Wildman–Crippen MR) is 105 cm³/mol. The smallest absolute Gasteiger partial charge is 0.0223 e. The number of hydrogen-bond donors (Lipinski definition) is 1. The van der Waals surface area contributed by atoms with Gasteiger partial charge in [-0.15, -0.1) is 0 Å². The summed E-state index contributed by atoms with van der Waals surface area (Å²) in [4.78, 5) is 2.74. The minimum absolute atomic E-state index is 0.755. The Balaban J connectivity index is 1.28. The predicted octanol–water partition coefficient (Wildman–Crippen LogP) is 4.56. The highest BCUT2D eigenvalue weighted by molar-refractivity contribution is 5.63. The van der Waals surface area contributed by atoms with Crippen molar-refractivity contribution < 1.29 is 0 Å². The second kappa shape index (κ2) is 7.72. The van der Waals surface area contributed by atoms with Crippen LogP contribution in [0.4, 0.5) is 0 Å². The van der Waals surface area contributed by atoms with Crippen molar-refractivity contribution in [3.05, 3.63) is 60.2 Å². The van der Waals surface area contributed by atoms with Gasteiger partial charge in [0, 0.05) is 25.7 Å². The van der Waals surface area contributed by atoms with Gasteiger partial charge in [-0.25, -0.2) is 0 Å². The number of nitrogens with one attached hydrogen (secondary N) is 1. The van der Waals surface area contributed by atoms with E-state index in [1.807, 2.05) is 0 Å². The van der Waals surface area contributed by atoms with E-state index in [1.54, 1.807) is 0 Å². The Bertz CT molecular complexity index is 664. The fourth-order valence-electron chi connectivity index (χ4n) is 4.75. The van der Waals surface area contributed by atoms with Gasteiger partial charge in [0.05, 0.1) is 0 Å². The van der Waals surface area contributed by atoms with Crippen LogP contribution in [0.15, 0.2) is 54.6 Å². The molecule has 0 saturated carbocycles. The number of piperidine rings is 3. The normalized spacial score (nSPS) is 28.2. The topological polar surface area (TPSA) is 15.3 Å². The summed E-state index contributed by atoms with van der Waals surface area (Å²) in [6.45, 7) is 7.12. The molecule has 0 amide bonds. The van der Waals surface area contributed by atoms with Crippen LogP contribution >= 0.6 is 0 Å². The van der Waals surface area contributed by atoms with E-state index < -0.39 is 0 Å². The van der Waals surface area contributed by atoms with Crippen LogP contribution in [0, 0.1) is 11.8 Å². The lowest BCUT2D eigenvalue weighted by atomic mass is 9.74. The van der Waals surface area contributed by atoms with E-state index in [2.05, 4.69) is 71.7 Å². The van der Waals surface area contributed by atoms with Gasteiger partial charge in [-0.3, -0.25) is 4.90 Å². The lowest BCUT2D eigenvalue weighted by Gasteiger charge is -2.50. The molecule has 3 aliphatic rings. The average Bonchev–Trinajstić information content (AvgIpc) is 2.69. The Kier molecular flexibility index (Phi) is 5.19. The molecule has 2 aromatic rings. The third kappa shape index (κ3) is 3.80. The van der Waals surface area contributed by atoms with Gasteiger partial charge in [-0.2, -0.15) is 0 Å². The van der Waals surface area contributed by atoms with Crippen LogP contribution in [0.2, 0.25) is 0 Å². The summed E-state index contributed by atoms with van der Waals surface area (Å²) in [5, 5.41) is 3.71. The second-order valence-electron chi connectivity index (χ2n) is 7.80. The van der Waals surface area contributed by atoms with Crippen LogP contribution in [0.3, 0.4) is 0 Å². The maximum absolute atomic E-state index is 3.71. The summed E-state index contributed by atoms with van der Waals surface area (Å²) in [6, 6.07) is 20.4. The van der Waals surface area contributed by atoms with E-state index in [-0.39, 0.29) is 0 Å². The van der Waals surface area contributed by atoms with Gasteiger partial charge in [0.25, 0.3) is 0 Å². The molecule has 0 aromatic heterocycles. The van der Waals surface area contributed by atoms with Crippen molar-refractivity contribution in [2.24, 2.45) is 11.8 Å². The van der Waals surface area contributed by atoms with Crippen molar-refractivity contribution in [1.82, 2.24) is 10.2 Å². The molecule has 25 heavy (non-hydrogen) atoms. The molecule has 3 heterocycles. The van der Waals surface area contributed by atoms with Gasteiger partial charge in [0.1, 0.15) is 0 Å². The Hall–Kier alpha value is -1.64. The number of fused-ring (bicyclic) bond motifs is 3. The monoisotopic (exact) mass is 334 g/mol. The molecule has 2 aromatic carbocycles. The minimum Gasteiger partial charge on any atom is -0.311 e. The molecule has 3 aliphatic heterocycles. The molecule has 132 valence electrons. The van der Waals surface area contributed by atoms with E-state index in [4.69, 9.17) is 0 Å². The van der Waals surface area contributed by atoms with Gasteiger partial charge in [-0.1, -0.05) is 67.9 Å². The minimum atomic E-state index is 0.755. The summed E-state index contributed by atoms with van der Waals surface area (Å²) < 4.78 is 0. The molecular formula is C23H30N2. The van der Waals surface area contributed by atoms with Crippen molar-refractivity contribution in [1.29, 1.82) is 0 Å². The van der Waals surface area contributed by atoms with Crippen LogP contribution in [-0.2, 0) is 6.54 Å². The number of nitrogens with zero attached hydrogens (tertiary/aromatic N) is 1. The molecule has 4 unspecified atom stereocenters. The zero-order valence-electron chi connectivity index (χ0n) is 15.3. The quantitative estimate of drug-likeness (QED) is 0.833. The molecule has 3 saturated heterocycles. The van der Waals surface area contributed by atoms with Crippen molar-refractivity contribution in [3.63, 3.8) is 0 Å². The van der Waals surface area contributed by atoms with Crippen LogP contribution < -0.4 is 5.32 Å². The lowest BCUT2D eigenvalue weighted by Crippen LogP contribution is -2.56. The third-order valence-corrected chi connectivity index (χ3v) is 6.31. The first-order valence-corrected chi connectivity index (χ1v) is 9.92. The van der Waals surface area contributed by atoms with Crippen LogP contribution in [0.25, 0.3) is 11.1 Å². The van der Waals surface area contributed by atoms with E-state index >= 15 is 0 Å². The highest BCUT2D eigenvalue weighted by atomic mass is 15.2. The highest BCUT2D eigenvalue weighted by Crippen LogP contribution is 2.37. The van der Waals surface area contributed by atoms with Gasteiger partial charge >= 0.3 is 0 Å². The lowest BCUT2D eigenvalue weighted by molar-refractivity contribution is 0.000333. The zero-order valence-corrected chi connectivity index (χ0v) is 15.3. The Morgan fingerprint density at radius 1 is 1.00 bits per heavy atom. The summed E-state index contributed by atoms with van der Waals surface area (Å²) in [7, 11) is 0. The van der Waals surface area contributed by atoms with Crippen LogP contribution in [-0.4, -0.2) is 30.6 Å². The summed E-state index contributed by atoms with van der Waals surface area (Å²) in [5.41, 5.74) is 3.96. The highest BCUT2D eigenvalue weighted by Gasteiger charge is 2.38. The van der Waals surface area contributed by atoms with Crippen molar-refractivity contribution in [2.75, 3.05) is 19.6 Å². The average molecular weight is 335 g/mol. The molecule has 2 nitrogen and oxygen atoms in total. The Morgan fingerprint density at radius 2 is 1.76 bits per heavy atom. The van der Waals surface area contributed by atoms with Gasteiger partial charge in [0.15, 0.2) is 0 Å². The Morgan fingerprint density at radius 3 is 2.44 bits per heavy atom. The van der Waals surface area contributed by atoms with Crippen molar-refractivity contribution in [2.45, 2.75) is 38.8 Å². The SMILES string of the molecule is CCC1CN2CCC1CC2CNCc1ccc(-c2ccccc2)cc1. The molecule has 0 aliphatic carbocycles. The Labute approximate surface area is 152 Å². The molecule has 1 N–H and O–H groups in total. The summed E-state index contributed by atoms with van der Waals surface area (Å²) >= 11 is 0. The number of benzene rings is 2. The third-order valence-electron chi connectivity index (χ3n) is 6.31. The van der Waals surface area contributed by atoms with Crippen molar-refractivity contribution >= 4 is 0 Å². The van der Waals surface area contributed by atoms with Crippen LogP contribution in [0.5, 0.6) is 0 Å². The van der Waals surface area contributed by atoms with Gasteiger partial charge in [0.2, 0.25) is 0 Å². The summed E-state index contributed by atoms with van der Waals surface area (Å²) in [6.07, 6.45) is 4.18. The first kappa shape index (κ1) is 16.8.